The van der Waals surface area contributed by atoms with E-state index in [1.165, 1.54) is 12.7 Å². The highest BCUT2D eigenvalue weighted by Crippen LogP contribution is 2.40. The molecule has 1 saturated carbocycles. The summed E-state index contributed by atoms with van der Waals surface area (Å²) in [7, 11) is 1.41. The number of fused-ring (bicyclic) bond motifs is 1. The van der Waals surface area contributed by atoms with E-state index in [1.807, 2.05) is 13.8 Å². The number of nitrogens with zero attached hydrogens (tertiary/aromatic N) is 1. The van der Waals surface area contributed by atoms with Gasteiger partial charge in [0.1, 0.15) is 6.61 Å². The molecule has 1 heterocycles. The van der Waals surface area contributed by atoms with Gasteiger partial charge in [-0.15, -0.1) is 0 Å². The van der Waals surface area contributed by atoms with Crippen LogP contribution in [0.4, 0.5) is 5.69 Å². The number of allylic oxidation sites excluding steroid dienone is 2. The Morgan fingerprint density at radius 2 is 2.18 bits per heavy atom. The third-order valence-electron chi connectivity index (χ3n) is 5.91. The summed E-state index contributed by atoms with van der Waals surface area (Å²) in [5.74, 6) is -0.446. The molecule has 0 saturated heterocycles. The molecule has 1 unspecified atom stereocenters. The van der Waals surface area contributed by atoms with Crippen molar-refractivity contribution in [2.75, 3.05) is 7.11 Å². The van der Waals surface area contributed by atoms with Crippen molar-refractivity contribution >= 4 is 23.7 Å². The fourth-order valence-corrected chi connectivity index (χ4v) is 4.47. The first kappa shape index (κ1) is 20.0. The van der Waals surface area contributed by atoms with E-state index >= 15 is 0 Å². The van der Waals surface area contributed by atoms with Gasteiger partial charge in [0.05, 0.1) is 24.8 Å². The third kappa shape index (κ3) is 3.65. The normalized spacial score (nSPS) is 19.3. The maximum atomic E-state index is 12.3. The summed E-state index contributed by atoms with van der Waals surface area (Å²) in [5, 5.41) is 0. The zero-order chi connectivity index (χ0) is 20.3. The number of aliphatic imine (C=N–C) groups is 1. The average molecular weight is 383 g/mol. The first-order valence-electron chi connectivity index (χ1n) is 9.69. The maximum Gasteiger partial charge on any atom is 0.341 e. The molecule has 1 aromatic carbocycles. The molecule has 1 aromatic rings. The van der Waals surface area contributed by atoms with Crippen LogP contribution in [0.1, 0.15) is 65.2 Å². The van der Waals surface area contributed by atoms with Crippen molar-refractivity contribution in [3.8, 4) is 0 Å². The molecule has 0 N–H and O–H groups in total. The molecule has 6 heteroatoms. The Kier molecular flexibility index (Phi) is 6.10. The van der Waals surface area contributed by atoms with E-state index in [1.54, 1.807) is 6.08 Å². The van der Waals surface area contributed by atoms with E-state index in [-0.39, 0.29) is 18.5 Å². The summed E-state index contributed by atoms with van der Waals surface area (Å²) >= 11 is 0. The van der Waals surface area contributed by atoms with Gasteiger partial charge in [-0.2, -0.15) is 4.99 Å². The molecule has 1 atom stereocenters. The Labute approximate surface area is 164 Å². The lowest BCUT2D eigenvalue weighted by Crippen LogP contribution is -2.09. The largest absolute Gasteiger partial charge is 0.469 e. The van der Waals surface area contributed by atoms with Crippen molar-refractivity contribution in [3.05, 3.63) is 39.5 Å². The van der Waals surface area contributed by atoms with Crippen LogP contribution in [-0.2, 0) is 38.5 Å². The van der Waals surface area contributed by atoms with Crippen LogP contribution in [0.15, 0.2) is 16.6 Å². The summed E-state index contributed by atoms with van der Waals surface area (Å²) in [4.78, 5) is 38.9. The Morgan fingerprint density at radius 3 is 2.86 bits per heavy atom. The van der Waals surface area contributed by atoms with E-state index in [9.17, 15) is 14.4 Å². The number of hydrogen-bond acceptors (Lipinski definition) is 6. The number of cyclic esters (lactones) is 1. The van der Waals surface area contributed by atoms with Crippen LogP contribution in [0, 0.1) is 12.8 Å². The van der Waals surface area contributed by atoms with E-state index in [2.05, 4.69) is 11.1 Å². The van der Waals surface area contributed by atoms with E-state index < -0.39 is 5.97 Å². The van der Waals surface area contributed by atoms with Crippen molar-refractivity contribution in [1.82, 2.24) is 0 Å². The van der Waals surface area contributed by atoms with Gasteiger partial charge in [-0.1, -0.05) is 18.6 Å². The highest BCUT2D eigenvalue weighted by molar-refractivity contribution is 6.00. The number of benzene rings is 1. The molecule has 2 aliphatic rings. The molecule has 148 valence electrons. The van der Waals surface area contributed by atoms with Crippen LogP contribution in [0.5, 0.6) is 0 Å². The van der Waals surface area contributed by atoms with Gasteiger partial charge in [0.25, 0.3) is 0 Å². The molecule has 1 aliphatic carbocycles. The molecular formula is C22H25NO5. The lowest BCUT2D eigenvalue weighted by Gasteiger charge is -2.17. The van der Waals surface area contributed by atoms with Gasteiger partial charge in [-0.05, 0) is 61.6 Å². The topological polar surface area (TPSA) is 82.0 Å². The number of carbonyl (C=O) groups excluding carboxylic acids is 3. The maximum absolute atomic E-state index is 12.3. The third-order valence-corrected chi connectivity index (χ3v) is 5.91. The molecule has 6 nitrogen and oxygen atoms in total. The molecule has 1 fully saturated rings. The number of rotatable bonds is 6. The Hall–Kier alpha value is -2.72. The van der Waals surface area contributed by atoms with E-state index in [4.69, 9.17) is 9.47 Å². The number of isocyanates is 1. The zero-order valence-electron chi connectivity index (χ0n) is 16.6. The average Bonchev–Trinajstić information content (AvgIpc) is 3.29. The number of carbonyl (C=O) groups is 2. The van der Waals surface area contributed by atoms with Crippen LogP contribution in [-0.4, -0.2) is 25.1 Å². The van der Waals surface area contributed by atoms with Crippen LogP contribution in [0.25, 0.3) is 0 Å². The first-order chi connectivity index (χ1) is 13.5. The molecule has 0 radical (unpaired) electrons. The zero-order valence-corrected chi connectivity index (χ0v) is 16.6. The van der Waals surface area contributed by atoms with E-state index in [0.29, 0.717) is 24.1 Å². The first-order valence-corrected chi connectivity index (χ1v) is 9.69. The lowest BCUT2D eigenvalue weighted by molar-refractivity contribution is -0.141. The summed E-state index contributed by atoms with van der Waals surface area (Å²) in [6, 6.07) is 0. The predicted octanol–water partition coefficient (Wildman–Crippen LogP) is 4.03. The quantitative estimate of drug-likeness (QED) is 0.321. The molecule has 28 heavy (non-hydrogen) atoms. The number of ether oxygens (including phenoxy) is 2. The Morgan fingerprint density at radius 1 is 1.39 bits per heavy atom. The van der Waals surface area contributed by atoms with E-state index in [0.717, 1.165) is 47.9 Å². The van der Waals surface area contributed by atoms with Gasteiger partial charge in [0, 0.05) is 5.56 Å². The van der Waals surface area contributed by atoms with Gasteiger partial charge in [0.2, 0.25) is 6.08 Å². The number of methoxy groups -OCH3 is 1. The number of hydrogen-bond donors (Lipinski definition) is 0. The smallest absolute Gasteiger partial charge is 0.341 e. The molecule has 0 bridgehead atoms. The minimum Gasteiger partial charge on any atom is -0.469 e. The minimum atomic E-state index is -0.437. The van der Waals surface area contributed by atoms with Crippen LogP contribution >= 0.6 is 0 Å². The van der Waals surface area contributed by atoms with Crippen LogP contribution in [0.2, 0.25) is 0 Å². The van der Waals surface area contributed by atoms with Crippen molar-refractivity contribution in [3.63, 3.8) is 0 Å². The standard InChI is InChI=1S/C22H25NO5/c1-4-16-13(2)18-11-28-22(26)20(18)21(23-12-24)17(16)9-8-14-6-5-7-15(14)10-19(25)27-3/h8,15H,4-7,9-11H2,1-3H3/b14-8+. The number of esters is 2. The van der Waals surface area contributed by atoms with Crippen LogP contribution in [0.3, 0.4) is 0 Å². The molecule has 0 amide bonds. The predicted molar refractivity (Wildman–Crippen MR) is 103 cm³/mol. The van der Waals surface area contributed by atoms with Gasteiger partial charge < -0.3 is 9.47 Å². The SMILES string of the molecule is CCc1c(C)c2c(c(N=C=O)c1C/C=C1\CCCC1CC(=O)OC)C(=O)OC2. The molecule has 1 aliphatic heterocycles. The summed E-state index contributed by atoms with van der Waals surface area (Å²) < 4.78 is 10.0. The Balaban J connectivity index is 2.03. The van der Waals surface area contributed by atoms with Gasteiger partial charge in [-0.3, -0.25) is 4.79 Å². The second-order valence-electron chi connectivity index (χ2n) is 7.27. The van der Waals surface area contributed by atoms with Gasteiger partial charge in [0.15, 0.2) is 0 Å². The fraction of sp³-hybridized carbons (Fsp3) is 0.500. The summed E-state index contributed by atoms with van der Waals surface area (Å²) in [6.07, 6.45) is 8.39. The molecular weight excluding hydrogens is 358 g/mol. The van der Waals surface area contributed by atoms with Crippen molar-refractivity contribution in [1.29, 1.82) is 0 Å². The molecule has 0 aromatic heterocycles. The van der Waals surface area contributed by atoms with Crippen molar-refractivity contribution in [2.45, 2.75) is 59.0 Å². The fourth-order valence-electron chi connectivity index (χ4n) is 4.47. The van der Waals surface area contributed by atoms with Crippen molar-refractivity contribution < 1.29 is 23.9 Å². The molecule has 0 spiro atoms. The van der Waals surface area contributed by atoms with Crippen LogP contribution < -0.4 is 0 Å². The monoisotopic (exact) mass is 383 g/mol. The minimum absolute atomic E-state index is 0.191. The molecule has 3 rings (SSSR count). The lowest BCUT2D eigenvalue weighted by atomic mass is 9.87. The van der Waals surface area contributed by atoms with Gasteiger partial charge >= 0.3 is 11.9 Å². The summed E-state index contributed by atoms with van der Waals surface area (Å²) in [6.45, 7) is 4.25. The second-order valence-corrected chi connectivity index (χ2v) is 7.27. The summed E-state index contributed by atoms with van der Waals surface area (Å²) in [5.41, 5.74) is 5.81. The van der Waals surface area contributed by atoms with Crippen molar-refractivity contribution in [2.24, 2.45) is 10.9 Å². The van der Waals surface area contributed by atoms with Gasteiger partial charge in [-0.25, -0.2) is 9.59 Å². The Bertz CT molecular complexity index is 893. The second kappa shape index (κ2) is 8.53. The highest BCUT2D eigenvalue weighted by Gasteiger charge is 2.31. The highest BCUT2D eigenvalue weighted by atomic mass is 16.5.